The Kier molecular flexibility index (Phi) is 2.95. The average Bonchev–Trinajstić information content (AvgIpc) is 2.77. The zero-order valence-corrected chi connectivity index (χ0v) is 13.6. The Morgan fingerprint density at radius 1 is 1.15 bits per heavy atom. The van der Waals surface area contributed by atoms with Crippen molar-refractivity contribution in [3.05, 3.63) is 40.4 Å². The van der Waals surface area contributed by atoms with Crippen molar-refractivity contribution in [3.8, 4) is 0 Å². The minimum absolute atomic E-state index is 0.00253. The molecule has 0 radical (unpaired) electrons. The Labute approximate surface area is 128 Å². The van der Waals surface area contributed by atoms with Gasteiger partial charge in [0.1, 0.15) is 9.23 Å². The summed E-state index contributed by atoms with van der Waals surface area (Å²) < 4.78 is 0.623. The van der Waals surface area contributed by atoms with Crippen LogP contribution in [0, 0.1) is 0 Å². The van der Waals surface area contributed by atoms with Crippen LogP contribution in [-0.2, 0) is 10.2 Å². The van der Waals surface area contributed by atoms with E-state index in [0.29, 0.717) is 4.32 Å². The summed E-state index contributed by atoms with van der Waals surface area (Å²) in [4.78, 5) is 16.8. The van der Waals surface area contributed by atoms with Crippen molar-refractivity contribution in [1.82, 2.24) is 4.90 Å². The number of thioether (sulfide) groups is 1. The molecule has 2 aliphatic rings. The van der Waals surface area contributed by atoms with E-state index in [1.165, 1.54) is 17.3 Å². The van der Waals surface area contributed by atoms with Gasteiger partial charge in [0.25, 0.3) is 5.91 Å². The van der Waals surface area contributed by atoms with Crippen LogP contribution in [0.3, 0.4) is 0 Å². The number of nitrogens with zero attached hydrogens (tertiary/aromatic N) is 2. The van der Waals surface area contributed by atoms with Crippen LogP contribution in [-0.4, -0.2) is 29.2 Å². The highest BCUT2D eigenvalue weighted by Gasteiger charge is 2.44. The van der Waals surface area contributed by atoms with Crippen LogP contribution in [0.5, 0.6) is 0 Å². The highest BCUT2D eigenvalue weighted by molar-refractivity contribution is 8.26. The molecular weight excluding hydrogens is 288 g/mol. The van der Waals surface area contributed by atoms with Crippen LogP contribution in [0.25, 0.3) is 0 Å². The number of fused-ring (bicyclic) bond motifs is 1. The van der Waals surface area contributed by atoms with Gasteiger partial charge < -0.3 is 4.90 Å². The zero-order chi connectivity index (χ0) is 14.7. The van der Waals surface area contributed by atoms with Crippen molar-refractivity contribution >= 4 is 39.9 Å². The molecule has 104 valence electrons. The van der Waals surface area contributed by atoms with Crippen LogP contribution in [0.1, 0.15) is 19.4 Å². The molecule has 3 rings (SSSR count). The second-order valence-electron chi connectivity index (χ2n) is 5.61. The number of amides is 1. The summed E-state index contributed by atoms with van der Waals surface area (Å²) in [6.07, 6.45) is 0. The number of likely N-dealkylation sites (N-methyl/N-ethyl adjacent to an activating group) is 2. The molecule has 1 fully saturated rings. The molecule has 0 saturated carbocycles. The van der Waals surface area contributed by atoms with Gasteiger partial charge in [0.2, 0.25) is 0 Å². The van der Waals surface area contributed by atoms with Gasteiger partial charge in [-0.25, -0.2) is 0 Å². The number of para-hydroxylation sites is 1. The van der Waals surface area contributed by atoms with Gasteiger partial charge >= 0.3 is 0 Å². The number of hydrogen-bond donors (Lipinski definition) is 0. The van der Waals surface area contributed by atoms with E-state index in [0.717, 1.165) is 16.3 Å². The SMILES string of the molecule is CN1C(=O)C(=C2N(C)c3ccccc3C2(C)C)SC1=S. The predicted molar refractivity (Wildman–Crippen MR) is 87.9 cm³/mol. The summed E-state index contributed by atoms with van der Waals surface area (Å²) in [5, 5.41) is 0. The third-order valence-electron chi connectivity index (χ3n) is 4.04. The molecule has 20 heavy (non-hydrogen) atoms. The van der Waals surface area contributed by atoms with Gasteiger partial charge in [0.15, 0.2) is 0 Å². The molecular formula is C15H16N2OS2. The summed E-state index contributed by atoms with van der Waals surface area (Å²) in [6.45, 7) is 4.32. The Hall–Kier alpha value is -1.33. The molecule has 5 heteroatoms. The van der Waals surface area contributed by atoms with Crippen molar-refractivity contribution in [2.75, 3.05) is 19.0 Å². The summed E-state index contributed by atoms with van der Waals surface area (Å²) in [5.74, 6) is 0.00253. The van der Waals surface area contributed by atoms with Gasteiger partial charge in [-0.15, -0.1) is 0 Å². The summed E-state index contributed by atoms with van der Waals surface area (Å²) in [5.41, 5.74) is 3.26. The molecule has 2 aliphatic heterocycles. The quantitative estimate of drug-likeness (QED) is 0.543. The number of thiocarbonyl (C=S) groups is 1. The van der Waals surface area contributed by atoms with Crippen LogP contribution in [0.15, 0.2) is 34.9 Å². The van der Waals surface area contributed by atoms with E-state index in [1.807, 2.05) is 19.2 Å². The maximum Gasteiger partial charge on any atom is 0.267 e. The molecule has 1 saturated heterocycles. The second kappa shape index (κ2) is 4.33. The highest BCUT2D eigenvalue weighted by Crippen LogP contribution is 2.50. The average molecular weight is 304 g/mol. The standard InChI is InChI=1S/C15H16N2OS2/c1-15(2)9-7-5-6-8-10(9)16(3)12(15)11-13(18)17(4)14(19)20-11/h5-8H,1-4H3. The lowest BCUT2D eigenvalue weighted by Gasteiger charge is -2.25. The molecule has 1 amide bonds. The van der Waals surface area contributed by atoms with Crippen molar-refractivity contribution in [2.24, 2.45) is 0 Å². The Bertz CT molecular complexity index is 664. The predicted octanol–water partition coefficient (Wildman–Crippen LogP) is 3.12. The lowest BCUT2D eigenvalue weighted by Crippen LogP contribution is -2.28. The van der Waals surface area contributed by atoms with E-state index >= 15 is 0 Å². The third kappa shape index (κ3) is 1.66. The maximum absolute atomic E-state index is 12.4. The number of carbonyl (C=O) groups excluding carboxylic acids is 1. The van der Waals surface area contributed by atoms with Crippen molar-refractivity contribution in [2.45, 2.75) is 19.3 Å². The van der Waals surface area contributed by atoms with Gasteiger partial charge in [0.05, 0.1) is 0 Å². The van der Waals surface area contributed by atoms with E-state index in [4.69, 9.17) is 12.2 Å². The largest absolute Gasteiger partial charge is 0.346 e. The lowest BCUT2D eigenvalue weighted by molar-refractivity contribution is -0.121. The molecule has 1 aromatic rings. The lowest BCUT2D eigenvalue weighted by atomic mass is 9.83. The van der Waals surface area contributed by atoms with E-state index in [1.54, 1.807) is 11.9 Å². The molecule has 0 aromatic heterocycles. The number of hydrogen-bond acceptors (Lipinski definition) is 4. The second-order valence-corrected chi connectivity index (χ2v) is 7.26. The van der Waals surface area contributed by atoms with Crippen molar-refractivity contribution < 1.29 is 4.79 Å². The first-order valence-electron chi connectivity index (χ1n) is 6.43. The topological polar surface area (TPSA) is 23.6 Å². The normalized spacial score (nSPS) is 24.6. The molecule has 0 bridgehead atoms. The van der Waals surface area contributed by atoms with Gasteiger partial charge in [0, 0.05) is 30.9 Å². The number of allylic oxidation sites excluding steroid dienone is 1. The first-order valence-corrected chi connectivity index (χ1v) is 7.66. The maximum atomic E-state index is 12.4. The number of rotatable bonds is 0. The zero-order valence-electron chi connectivity index (χ0n) is 11.9. The van der Waals surface area contributed by atoms with E-state index in [2.05, 4.69) is 30.9 Å². The Morgan fingerprint density at radius 2 is 1.80 bits per heavy atom. The smallest absolute Gasteiger partial charge is 0.267 e. The number of anilines is 1. The summed E-state index contributed by atoms with van der Waals surface area (Å²) in [6, 6.07) is 8.30. The Balaban J connectivity index is 2.23. The fourth-order valence-electron chi connectivity index (χ4n) is 2.98. The fourth-order valence-corrected chi connectivity index (χ4v) is 4.42. The first-order chi connectivity index (χ1) is 9.35. The molecule has 0 unspecified atom stereocenters. The van der Waals surface area contributed by atoms with E-state index in [9.17, 15) is 4.79 Å². The third-order valence-corrected chi connectivity index (χ3v) is 5.59. The molecule has 0 spiro atoms. The fraction of sp³-hybridized carbons (Fsp3) is 0.333. The molecule has 0 aliphatic carbocycles. The monoisotopic (exact) mass is 304 g/mol. The molecule has 2 heterocycles. The number of carbonyl (C=O) groups is 1. The molecule has 0 N–H and O–H groups in total. The van der Waals surface area contributed by atoms with Gasteiger partial charge in [-0.3, -0.25) is 9.69 Å². The summed E-state index contributed by atoms with van der Waals surface area (Å²) >= 11 is 6.65. The van der Waals surface area contributed by atoms with Crippen molar-refractivity contribution in [1.29, 1.82) is 0 Å². The first kappa shape index (κ1) is 13.6. The van der Waals surface area contributed by atoms with E-state index in [-0.39, 0.29) is 11.3 Å². The van der Waals surface area contributed by atoms with Gasteiger partial charge in [-0.2, -0.15) is 0 Å². The Morgan fingerprint density at radius 3 is 2.35 bits per heavy atom. The highest BCUT2D eigenvalue weighted by atomic mass is 32.2. The van der Waals surface area contributed by atoms with Crippen molar-refractivity contribution in [3.63, 3.8) is 0 Å². The number of benzene rings is 1. The van der Waals surface area contributed by atoms with Gasteiger partial charge in [-0.05, 0) is 11.6 Å². The molecule has 0 atom stereocenters. The molecule has 3 nitrogen and oxygen atoms in total. The van der Waals surface area contributed by atoms with Gasteiger partial charge in [-0.1, -0.05) is 56.0 Å². The molecule has 1 aromatic carbocycles. The van der Waals surface area contributed by atoms with Crippen LogP contribution in [0.2, 0.25) is 0 Å². The van der Waals surface area contributed by atoms with E-state index < -0.39 is 0 Å². The van der Waals surface area contributed by atoms with Crippen LogP contribution < -0.4 is 4.90 Å². The summed E-state index contributed by atoms with van der Waals surface area (Å²) in [7, 11) is 3.76. The van der Waals surface area contributed by atoms with Crippen LogP contribution >= 0.6 is 24.0 Å². The minimum Gasteiger partial charge on any atom is -0.346 e. The van der Waals surface area contributed by atoms with Crippen LogP contribution in [0.4, 0.5) is 5.69 Å². The minimum atomic E-state index is -0.190.